The molecule has 0 aromatic heterocycles. The molecule has 2 rings (SSSR count). The van der Waals surface area contributed by atoms with Gasteiger partial charge in [0.25, 0.3) is 5.91 Å². The normalized spacial score (nSPS) is 11.5. The Morgan fingerprint density at radius 3 is 2.50 bits per heavy atom. The van der Waals surface area contributed by atoms with Crippen LogP contribution in [-0.4, -0.2) is 30.7 Å². The molecule has 0 fully saturated rings. The van der Waals surface area contributed by atoms with E-state index in [1.165, 1.54) is 44.4 Å². The Balaban J connectivity index is 2.27. The van der Waals surface area contributed by atoms with Crippen LogP contribution < -0.4 is 14.8 Å². The van der Waals surface area contributed by atoms with Gasteiger partial charge in [0, 0.05) is 5.56 Å². The molecule has 0 aliphatic carbocycles. The van der Waals surface area contributed by atoms with E-state index in [1.807, 2.05) is 6.92 Å². The molecule has 0 radical (unpaired) electrons. The van der Waals surface area contributed by atoms with Gasteiger partial charge in [0.1, 0.15) is 5.82 Å². The van der Waals surface area contributed by atoms with E-state index in [1.54, 1.807) is 6.07 Å². The molecule has 26 heavy (non-hydrogen) atoms. The molecule has 0 aliphatic rings. The smallest absolute Gasteiger partial charge is 0.330 e. The highest BCUT2D eigenvalue weighted by atomic mass is 19.1. The summed E-state index contributed by atoms with van der Waals surface area (Å²) in [6, 6.07) is 7.15. The van der Waals surface area contributed by atoms with Gasteiger partial charge >= 0.3 is 5.97 Å². The van der Waals surface area contributed by atoms with E-state index in [9.17, 15) is 19.1 Å². The summed E-state index contributed by atoms with van der Waals surface area (Å²) >= 11 is 0. The van der Waals surface area contributed by atoms with Gasteiger partial charge in [0.05, 0.1) is 13.7 Å². The molecule has 0 heterocycles. The van der Waals surface area contributed by atoms with Crippen LogP contribution in [0.15, 0.2) is 36.4 Å². The Bertz CT molecular complexity index is 822. The van der Waals surface area contributed by atoms with E-state index in [2.05, 4.69) is 5.32 Å². The van der Waals surface area contributed by atoms with E-state index < -0.39 is 23.7 Å². The lowest BCUT2D eigenvalue weighted by Crippen LogP contribution is -2.33. The summed E-state index contributed by atoms with van der Waals surface area (Å²) in [7, 11) is 1.45. The maximum atomic E-state index is 13.4. The summed E-state index contributed by atoms with van der Waals surface area (Å²) < 4.78 is 24.0. The number of carboxylic acid groups (broad SMARTS) is 1. The fourth-order valence-electron chi connectivity index (χ4n) is 2.43. The fraction of sp³-hybridized carbons (Fsp3) is 0.263. The largest absolute Gasteiger partial charge is 0.493 e. The fourth-order valence-corrected chi connectivity index (χ4v) is 2.43. The first-order valence-corrected chi connectivity index (χ1v) is 7.98. The first-order valence-electron chi connectivity index (χ1n) is 7.98. The molecule has 1 atom stereocenters. The average Bonchev–Trinajstić information content (AvgIpc) is 2.62. The van der Waals surface area contributed by atoms with Gasteiger partial charge < -0.3 is 19.9 Å². The van der Waals surface area contributed by atoms with Gasteiger partial charge in [-0.05, 0) is 49.2 Å². The number of aryl methyl sites for hydroxylation is 1. The molecule has 1 amide bonds. The summed E-state index contributed by atoms with van der Waals surface area (Å²) in [4.78, 5) is 24.0. The molecule has 0 aliphatic heterocycles. The molecule has 1 unspecified atom stereocenters. The lowest BCUT2D eigenvalue weighted by molar-refractivity contribution is -0.139. The molecule has 2 N–H and O–H groups in total. The third-order valence-corrected chi connectivity index (χ3v) is 3.76. The monoisotopic (exact) mass is 361 g/mol. The first kappa shape index (κ1) is 19.2. The predicted octanol–water partition coefficient (Wildman–Crippen LogP) is 3.10. The zero-order chi connectivity index (χ0) is 19.3. The Hall–Kier alpha value is -3.09. The van der Waals surface area contributed by atoms with Gasteiger partial charge in [0.15, 0.2) is 17.5 Å². The number of ether oxygens (including phenoxy) is 2. The number of carbonyl (C=O) groups is 2. The second kappa shape index (κ2) is 8.33. The zero-order valence-corrected chi connectivity index (χ0v) is 14.7. The predicted molar refractivity (Wildman–Crippen MR) is 93.1 cm³/mol. The van der Waals surface area contributed by atoms with Crippen LogP contribution in [0, 0.1) is 12.7 Å². The van der Waals surface area contributed by atoms with Gasteiger partial charge in [-0.15, -0.1) is 0 Å². The van der Waals surface area contributed by atoms with Crippen LogP contribution in [0.3, 0.4) is 0 Å². The van der Waals surface area contributed by atoms with E-state index in [4.69, 9.17) is 9.47 Å². The summed E-state index contributed by atoms with van der Waals surface area (Å²) in [5, 5.41) is 11.9. The number of methoxy groups -OCH3 is 1. The van der Waals surface area contributed by atoms with Crippen LogP contribution in [0.25, 0.3) is 0 Å². The van der Waals surface area contributed by atoms with Gasteiger partial charge in [-0.2, -0.15) is 0 Å². The average molecular weight is 361 g/mol. The van der Waals surface area contributed by atoms with Gasteiger partial charge in [-0.3, -0.25) is 4.79 Å². The highest BCUT2D eigenvalue weighted by molar-refractivity contribution is 5.97. The summed E-state index contributed by atoms with van der Waals surface area (Å²) in [6.45, 7) is 3.78. The number of halogens is 1. The van der Waals surface area contributed by atoms with Crippen molar-refractivity contribution in [2.75, 3.05) is 13.7 Å². The van der Waals surface area contributed by atoms with Crippen LogP contribution in [-0.2, 0) is 4.79 Å². The SMILES string of the molecule is CCOc1ccc(C(=O)NC(C(=O)O)c2ccc(F)c(C)c2)cc1OC. The summed E-state index contributed by atoms with van der Waals surface area (Å²) in [5.41, 5.74) is 0.795. The van der Waals surface area contributed by atoms with Crippen molar-refractivity contribution in [3.05, 3.63) is 58.9 Å². The third-order valence-electron chi connectivity index (χ3n) is 3.76. The lowest BCUT2D eigenvalue weighted by Gasteiger charge is -2.16. The number of rotatable bonds is 7. The van der Waals surface area contributed by atoms with Crippen molar-refractivity contribution in [3.8, 4) is 11.5 Å². The molecule has 0 spiro atoms. The zero-order valence-electron chi connectivity index (χ0n) is 14.7. The van der Waals surface area contributed by atoms with Crippen LogP contribution >= 0.6 is 0 Å². The Kier molecular flexibility index (Phi) is 6.16. The summed E-state index contributed by atoms with van der Waals surface area (Å²) in [5.74, 6) is -1.44. The maximum absolute atomic E-state index is 13.4. The van der Waals surface area contributed by atoms with E-state index in [0.29, 0.717) is 23.7 Å². The standard InChI is InChI=1S/C19H20FNO5/c1-4-26-15-8-6-13(10-16(15)25-3)18(22)21-17(19(23)24)12-5-7-14(20)11(2)9-12/h5-10,17H,4H2,1-3H3,(H,21,22)(H,23,24). The molecule has 6 nitrogen and oxygen atoms in total. The molecule has 0 saturated carbocycles. The quantitative estimate of drug-likeness (QED) is 0.792. The second-order valence-electron chi connectivity index (χ2n) is 5.55. The topological polar surface area (TPSA) is 84.9 Å². The minimum Gasteiger partial charge on any atom is -0.493 e. The number of carboxylic acids is 1. The van der Waals surface area contributed by atoms with Crippen molar-refractivity contribution in [1.29, 1.82) is 0 Å². The number of carbonyl (C=O) groups excluding carboxylic acids is 1. The Morgan fingerprint density at radius 1 is 1.19 bits per heavy atom. The minimum atomic E-state index is -1.31. The highest BCUT2D eigenvalue weighted by Gasteiger charge is 2.24. The van der Waals surface area contributed by atoms with E-state index in [0.717, 1.165) is 0 Å². The molecular formula is C19H20FNO5. The molecule has 2 aromatic carbocycles. The molecule has 2 aromatic rings. The molecule has 0 saturated heterocycles. The number of nitrogens with one attached hydrogen (secondary N) is 1. The minimum absolute atomic E-state index is 0.218. The van der Waals surface area contributed by atoms with Gasteiger partial charge in [-0.1, -0.05) is 12.1 Å². The first-order chi connectivity index (χ1) is 12.4. The number of benzene rings is 2. The maximum Gasteiger partial charge on any atom is 0.330 e. The van der Waals surface area contributed by atoms with Crippen LogP contribution in [0.5, 0.6) is 11.5 Å². The van der Waals surface area contributed by atoms with Crippen molar-refractivity contribution >= 4 is 11.9 Å². The van der Waals surface area contributed by atoms with E-state index in [-0.39, 0.29) is 11.1 Å². The van der Waals surface area contributed by atoms with Crippen molar-refractivity contribution < 1.29 is 28.6 Å². The van der Waals surface area contributed by atoms with Crippen LogP contribution in [0.2, 0.25) is 0 Å². The van der Waals surface area contributed by atoms with Crippen molar-refractivity contribution in [1.82, 2.24) is 5.32 Å². The number of hydrogen-bond donors (Lipinski definition) is 2. The Labute approximate surface area is 150 Å². The Morgan fingerprint density at radius 2 is 1.92 bits per heavy atom. The second-order valence-corrected chi connectivity index (χ2v) is 5.55. The van der Waals surface area contributed by atoms with Gasteiger partial charge in [-0.25, -0.2) is 9.18 Å². The molecule has 0 bridgehead atoms. The number of amides is 1. The molecule has 7 heteroatoms. The number of aliphatic carboxylic acids is 1. The van der Waals surface area contributed by atoms with Crippen LogP contribution in [0.4, 0.5) is 4.39 Å². The van der Waals surface area contributed by atoms with Crippen molar-refractivity contribution in [2.45, 2.75) is 19.9 Å². The summed E-state index contributed by atoms with van der Waals surface area (Å²) in [6.07, 6.45) is 0. The van der Waals surface area contributed by atoms with Crippen molar-refractivity contribution in [3.63, 3.8) is 0 Å². The molecule has 138 valence electrons. The van der Waals surface area contributed by atoms with Gasteiger partial charge in [0.2, 0.25) is 0 Å². The number of hydrogen-bond acceptors (Lipinski definition) is 4. The third kappa shape index (κ3) is 4.30. The lowest BCUT2D eigenvalue weighted by atomic mass is 10.0. The van der Waals surface area contributed by atoms with Crippen LogP contribution in [0.1, 0.15) is 34.5 Å². The van der Waals surface area contributed by atoms with Crippen molar-refractivity contribution in [2.24, 2.45) is 0 Å². The molecular weight excluding hydrogens is 341 g/mol. The van der Waals surface area contributed by atoms with E-state index >= 15 is 0 Å². The highest BCUT2D eigenvalue weighted by Crippen LogP contribution is 2.28.